The molecule has 22 heavy (non-hydrogen) atoms. The van der Waals surface area contributed by atoms with E-state index in [4.69, 9.17) is 4.74 Å². The molecule has 0 amide bonds. The van der Waals surface area contributed by atoms with Gasteiger partial charge in [0.05, 0.1) is 17.9 Å². The number of rotatable bonds is 4. The van der Waals surface area contributed by atoms with E-state index in [2.05, 4.69) is 28.1 Å². The van der Waals surface area contributed by atoms with Crippen molar-refractivity contribution in [2.24, 2.45) is 7.05 Å². The summed E-state index contributed by atoms with van der Waals surface area (Å²) in [6.45, 7) is 2.17. The number of aromatic nitrogens is 1. The summed E-state index contributed by atoms with van der Waals surface area (Å²) < 4.78 is 7.17. The van der Waals surface area contributed by atoms with Crippen molar-refractivity contribution in [1.82, 2.24) is 4.57 Å². The molecule has 1 aromatic heterocycles. The molecule has 0 fully saturated rings. The molecule has 0 spiro atoms. The molecule has 4 heteroatoms. The van der Waals surface area contributed by atoms with Crippen LogP contribution in [0.25, 0.3) is 10.9 Å². The second-order valence-electron chi connectivity index (χ2n) is 5.09. The van der Waals surface area contributed by atoms with Gasteiger partial charge in [0.15, 0.2) is 0 Å². The Morgan fingerprint density at radius 2 is 2.00 bits per heavy atom. The number of esters is 1. The van der Waals surface area contributed by atoms with E-state index in [1.54, 1.807) is 13.0 Å². The maximum atomic E-state index is 12.0. The highest BCUT2D eigenvalue weighted by molar-refractivity contribution is 5.97. The smallest absolute Gasteiger partial charge is 0.340 e. The monoisotopic (exact) mass is 294 g/mol. The quantitative estimate of drug-likeness (QED) is 0.737. The van der Waals surface area contributed by atoms with E-state index in [1.165, 1.54) is 5.52 Å². The number of fused-ring (bicyclic) bond motifs is 1. The molecular weight excluding hydrogens is 276 g/mol. The third kappa shape index (κ3) is 2.68. The van der Waals surface area contributed by atoms with Crippen LogP contribution in [0.15, 0.2) is 54.7 Å². The van der Waals surface area contributed by atoms with Crippen LogP contribution in [0.5, 0.6) is 0 Å². The minimum absolute atomic E-state index is 0.314. The minimum atomic E-state index is -0.314. The first-order valence-electron chi connectivity index (χ1n) is 7.27. The van der Waals surface area contributed by atoms with Gasteiger partial charge < -0.3 is 14.6 Å². The van der Waals surface area contributed by atoms with Gasteiger partial charge in [-0.1, -0.05) is 12.1 Å². The van der Waals surface area contributed by atoms with Crippen molar-refractivity contribution in [2.75, 3.05) is 11.9 Å². The molecule has 0 saturated carbocycles. The van der Waals surface area contributed by atoms with E-state index in [0.29, 0.717) is 12.2 Å². The van der Waals surface area contributed by atoms with Gasteiger partial charge in [0, 0.05) is 29.8 Å². The number of benzene rings is 2. The number of carbonyl (C=O) groups excluding carboxylic acids is 1. The summed E-state index contributed by atoms with van der Waals surface area (Å²) in [5, 5.41) is 4.46. The highest BCUT2D eigenvalue weighted by Gasteiger charge is 2.12. The van der Waals surface area contributed by atoms with Crippen molar-refractivity contribution >= 4 is 28.2 Å². The third-order valence-corrected chi connectivity index (χ3v) is 3.59. The Morgan fingerprint density at radius 1 is 1.18 bits per heavy atom. The minimum Gasteiger partial charge on any atom is -0.462 e. The first-order chi connectivity index (χ1) is 10.7. The summed E-state index contributed by atoms with van der Waals surface area (Å²) in [6.07, 6.45) is 2.03. The molecule has 0 saturated heterocycles. The highest BCUT2D eigenvalue weighted by Crippen LogP contribution is 2.25. The lowest BCUT2D eigenvalue weighted by molar-refractivity contribution is 0.0527. The van der Waals surface area contributed by atoms with E-state index < -0.39 is 0 Å². The number of nitrogens with zero attached hydrogens (tertiary/aromatic N) is 1. The Kier molecular flexibility index (Phi) is 3.83. The van der Waals surface area contributed by atoms with Crippen LogP contribution in [0.3, 0.4) is 0 Å². The average Bonchev–Trinajstić information content (AvgIpc) is 2.89. The van der Waals surface area contributed by atoms with E-state index in [-0.39, 0.29) is 5.97 Å². The molecule has 3 aromatic rings. The summed E-state index contributed by atoms with van der Waals surface area (Å²) in [6, 6.07) is 15.6. The molecule has 1 heterocycles. The van der Waals surface area contributed by atoms with Crippen LogP contribution >= 0.6 is 0 Å². The van der Waals surface area contributed by atoms with Crippen LogP contribution in [-0.4, -0.2) is 17.1 Å². The summed E-state index contributed by atoms with van der Waals surface area (Å²) in [5.41, 5.74) is 3.40. The van der Waals surface area contributed by atoms with Crippen LogP contribution in [-0.2, 0) is 11.8 Å². The van der Waals surface area contributed by atoms with Gasteiger partial charge in [-0.15, -0.1) is 0 Å². The van der Waals surface area contributed by atoms with Gasteiger partial charge in [-0.2, -0.15) is 0 Å². The first kappa shape index (κ1) is 14.2. The highest BCUT2D eigenvalue weighted by atomic mass is 16.5. The molecule has 2 aromatic carbocycles. The lowest BCUT2D eigenvalue weighted by atomic mass is 10.1. The molecule has 3 rings (SSSR count). The van der Waals surface area contributed by atoms with Gasteiger partial charge >= 0.3 is 5.97 Å². The van der Waals surface area contributed by atoms with E-state index in [1.807, 2.05) is 37.5 Å². The molecule has 0 aliphatic rings. The van der Waals surface area contributed by atoms with Gasteiger partial charge in [0.1, 0.15) is 0 Å². The zero-order valence-corrected chi connectivity index (χ0v) is 12.7. The van der Waals surface area contributed by atoms with Crippen LogP contribution in [0.4, 0.5) is 11.4 Å². The average molecular weight is 294 g/mol. The van der Waals surface area contributed by atoms with Crippen LogP contribution in [0.2, 0.25) is 0 Å². The Labute approximate surface area is 129 Å². The van der Waals surface area contributed by atoms with Gasteiger partial charge in [0.25, 0.3) is 0 Å². The Morgan fingerprint density at radius 3 is 2.82 bits per heavy atom. The van der Waals surface area contributed by atoms with Crippen molar-refractivity contribution in [3.8, 4) is 0 Å². The molecule has 4 nitrogen and oxygen atoms in total. The normalized spacial score (nSPS) is 10.6. The molecular formula is C18H18N2O2. The SMILES string of the molecule is CCOC(=O)c1ccccc1Nc1ccc2c(ccn2C)c1. The Hall–Kier alpha value is -2.75. The number of aryl methyl sites for hydroxylation is 1. The van der Waals surface area contributed by atoms with Crippen molar-refractivity contribution in [2.45, 2.75) is 6.92 Å². The molecule has 0 aliphatic carbocycles. The number of ether oxygens (including phenoxy) is 1. The molecule has 0 unspecified atom stereocenters. The van der Waals surface area contributed by atoms with Gasteiger partial charge in [-0.3, -0.25) is 0 Å². The molecule has 0 bridgehead atoms. The number of anilines is 2. The fourth-order valence-corrected chi connectivity index (χ4v) is 2.49. The van der Waals surface area contributed by atoms with Crippen LogP contribution in [0, 0.1) is 0 Å². The maximum absolute atomic E-state index is 12.0. The first-order valence-corrected chi connectivity index (χ1v) is 7.27. The second kappa shape index (κ2) is 5.93. The number of nitrogens with one attached hydrogen (secondary N) is 1. The van der Waals surface area contributed by atoms with E-state index in [9.17, 15) is 4.79 Å². The van der Waals surface area contributed by atoms with Crippen molar-refractivity contribution < 1.29 is 9.53 Å². The lowest BCUT2D eigenvalue weighted by Crippen LogP contribution is -2.07. The summed E-state index contributed by atoms with van der Waals surface area (Å²) in [7, 11) is 2.02. The number of carbonyl (C=O) groups is 1. The van der Waals surface area contributed by atoms with Gasteiger partial charge in [-0.05, 0) is 43.3 Å². The number of hydrogen-bond acceptors (Lipinski definition) is 3. The fraction of sp³-hybridized carbons (Fsp3) is 0.167. The predicted molar refractivity (Wildman–Crippen MR) is 88.6 cm³/mol. The molecule has 112 valence electrons. The number of para-hydroxylation sites is 1. The molecule has 1 N–H and O–H groups in total. The zero-order chi connectivity index (χ0) is 15.5. The summed E-state index contributed by atoms with van der Waals surface area (Å²) >= 11 is 0. The standard InChI is InChI=1S/C18H18N2O2/c1-3-22-18(21)15-6-4-5-7-16(15)19-14-8-9-17-13(12-14)10-11-20(17)2/h4-12,19H,3H2,1-2H3. The van der Waals surface area contributed by atoms with Crippen LogP contribution < -0.4 is 5.32 Å². The van der Waals surface area contributed by atoms with Crippen molar-refractivity contribution in [1.29, 1.82) is 0 Å². The zero-order valence-electron chi connectivity index (χ0n) is 12.7. The molecule has 0 atom stereocenters. The number of hydrogen-bond donors (Lipinski definition) is 1. The largest absolute Gasteiger partial charge is 0.462 e. The Bertz CT molecular complexity index is 821. The Balaban J connectivity index is 1.93. The third-order valence-electron chi connectivity index (χ3n) is 3.59. The molecule has 0 aliphatic heterocycles. The van der Waals surface area contributed by atoms with Crippen molar-refractivity contribution in [3.63, 3.8) is 0 Å². The van der Waals surface area contributed by atoms with E-state index >= 15 is 0 Å². The van der Waals surface area contributed by atoms with E-state index in [0.717, 1.165) is 16.8 Å². The van der Waals surface area contributed by atoms with Gasteiger partial charge in [-0.25, -0.2) is 4.79 Å². The lowest BCUT2D eigenvalue weighted by Gasteiger charge is -2.11. The van der Waals surface area contributed by atoms with Gasteiger partial charge in [0.2, 0.25) is 0 Å². The topological polar surface area (TPSA) is 43.3 Å². The fourth-order valence-electron chi connectivity index (χ4n) is 2.49. The van der Waals surface area contributed by atoms with Crippen molar-refractivity contribution in [3.05, 3.63) is 60.3 Å². The maximum Gasteiger partial charge on any atom is 0.340 e. The second-order valence-corrected chi connectivity index (χ2v) is 5.09. The molecule has 0 radical (unpaired) electrons. The summed E-state index contributed by atoms with van der Waals surface area (Å²) in [4.78, 5) is 12.0. The summed E-state index contributed by atoms with van der Waals surface area (Å²) in [5.74, 6) is -0.314. The van der Waals surface area contributed by atoms with Crippen LogP contribution in [0.1, 0.15) is 17.3 Å². The predicted octanol–water partition coefficient (Wildman–Crippen LogP) is 4.10.